The molecule has 12 heteroatoms. The Morgan fingerprint density at radius 2 is 2.06 bits per heavy atom. The zero-order chi connectivity index (χ0) is 22.9. The Hall–Kier alpha value is -3.40. The Bertz CT molecular complexity index is 1190. The topological polar surface area (TPSA) is 147 Å². The minimum atomic E-state index is -0.852. The van der Waals surface area contributed by atoms with Crippen LogP contribution in [0.5, 0.6) is 5.75 Å². The summed E-state index contributed by atoms with van der Waals surface area (Å²) in [5, 5.41) is 15.8. The second kappa shape index (κ2) is 8.62. The van der Waals surface area contributed by atoms with E-state index in [9.17, 15) is 9.59 Å². The molecule has 1 aromatic carbocycles. The number of carbonyl (C=O) groups is 2. The van der Waals surface area contributed by atoms with Crippen LogP contribution in [0.3, 0.4) is 0 Å². The molecule has 32 heavy (non-hydrogen) atoms. The quantitative estimate of drug-likeness (QED) is 0.452. The number of rotatable bonds is 8. The number of para-hydroxylation sites is 1. The van der Waals surface area contributed by atoms with Crippen LogP contribution >= 0.6 is 0 Å². The van der Waals surface area contributed by atoms with E-state index in [1.54, 1.807) is 23.1 Å². The van der Waals surface area contributed by atoms with Gasteiger partial charge in [-0.15, -0.1) is 0 Å². The molecule has 1 aliphatic carbocycles. The van der Waals surface area contributed by atoms with E-state index in [0.717, 1.165) is 0 Å². The zero-order valence-corrected chi connectivity index (χ0v) is 20.6. The van der Waals surface area contributed by atoms with E-state index < -0.39 is 17.3 Å². The van der Waals surface area contributed by atoms with Gasteiger partial charge in [0.1, 0.15) is 0 Å². The maximum atomic E-state index is 12.3. The number of nitrogens with one attached hydrogen (secondary N) is 1. The van der Waals surface area contributed by atoms with Crippen molar-refractivity contribution < 1.29 is 36.6 Å². The SMILES string of the molecule is CCn1cnc(-c2cccc(Nc3cc(C4(C(N)=O)CC4)nnc3C(=O)[O][Zn])c2OC)n1. The number of amides is 1. The summed E-state index contributed by atoms with van der Waals surface area (Å²) < 4.78 is 12.3. The summed E-state index contributed by atoms with van der Waals surface area (Å²) in [6.45, 7) is 2.66. The second-order valence-corrected chi connectivity index (χ2v) is 7.91. The standard InChI is InChI=1S/C20H21N7O4.Zn/c1-3-27-10-22-17(26-27)11-5-4-6-12(16(11)31-2)23-13-9-14(20(7-8-20)19(21)30)24-25-15(13)18(28)29;/h4-6,9-10H,3,7-8H2,1-2H3,(H2,21,30)(H,23,24)(H,28,29);/q;+1/p-1. The van der Waals surface area contributed by atoms with Crippen LogP contribution in [0.1, 0.15) is 35.9 Å². The van der Waals surface area contributed by atoms with Crippen LogP contribution in [-0.4, -0.2) is 43.9 Å². The van der Waals surface area contributed by atoms with Crippen molar-refractivity contribution in [1.82, 2.24) is 25.0 Å². The summed E-state index contributed by atoms with van der Waals surface area (Å²) in [7, 11) is 1.54. The van der Waals surface area contributed by atoms with Gasteiger partial charge >= 0.3 is 187 Å². The second-order valence-electron chi connectivity index (χ2n) is 7.31. The summed E-state index contributed by atoms with van der Waals surface area (Å²) >= 11 is 0.303. The first kappa shape index (κ1) is 21.8. The summed E-state index contributed by atoms with van der Waals surface area (Å²) in [5.74, 6) is -0.0912. The third-order valence-electron chi connectivity index (χ3n) is 5.42. The first-order chi connectivity index (χ1) is 15.4. The van der Waals surface area contributed by atoms with Crippen molar-refractivity contribution in [3.05, 3.63) is 42.0 Å². The number of primary amides is 1. The first-order valence-corrected chi connectivity index (χ1v) is 11.1. The van der Waals surface area contributed by atoms with Gasteiger partial charge in [0.05, 0.1) is 0 Å². The van der Waals surface area contributed by atoms with E-state index in [0.29, 0.717) is 72.3 Å². The van der Waals surface area contributed by atoms with Crippen LogP contribution in [-0.2, 0) is 39.0 Å². The molecule has 4 rings (SSSR count). The van der Waals surface area contributed by atoms with Crippen molar-refractivity contribution in [2.75, 3.05) is 12.4 Å². The number of methoxy groups -OCH3 is 1. The van der Waals surface area contributed by atoms with Crippen molar-refractivity contribution in [2.24, 2.45) is 5.73 Å². The molecule has 1 amide bonds. The number of nitrogens with two attached hydrogens (primary N) is 1. The van der Waals surface area contributed by atoms with Gasteiger partial charge in [-0.1, -0.05) is 0 Å². The molecular weight excluding hydrogens is 468 g/mol. The fourth-order valence-corrected chi connectivity index (χ4v) is 3.73. The fourth-order valence-electron chi connectivity index (χ4n) is 3.44. The van der Waals surface area contributed by atoms with Crippen molar-refractivity contribution in [3.63, 3.8) is 0 Å². The molecule has 0 saturated heterocycles. The third-order valence-corrected chi connectivity index (χ3v) is 5.97. The first-order valence-electron chi connectivity index (χ1n) is 9.91. The molecular formula is C20H20N7O4Zn. The molecule has 3 N–H and O–H groups in total. The van der Waals surface area contributed by atoms with E-state index in [1.165, 1.54) is 7.11 Å². The maximum absolute atomic E-state index is 12.3. The van der Waals surface area contributed by atoms with Crippen molar-refractivity contribution in [1.29, 1.82) is 0 Å². The number of aromatic nitrogens is 5. The van der Waals surface area contributed by atoms with Crippen LogP contribution in [0.4, 0.5) is 11.4 Å². The molecule has 1 saturated carbocycles. The van der Waals surface area contributed by atoms with Crippen molar-refractivity contribution in [2.45, 2.75) is 31.7 Å². The van der Waals surface area contributed by atoms with E-state index >= 15 is 0 Å². The number of anilines is 2. The van der Waals surface area contributed by atoms with Gasteiger partial charge in [0.25, 0.3) is 0 Å². The van der Waals surface area contributed by atoms with Crippen LogP contribution in [0.2, 0.25) is 0 Å². The molecule has 2 heterocycles. The monoisotopic (exact) mass is 486 g/mol. The summed E-state index contributed by atoms with van der Waals surface area (Å²) in [4.78, 5) is 28.7. The zero-order valence-electron chi connectivity index (χ0n) is 17.7. The number of ether oxygens (including phenoxy) is 1. The van der Waals surface area contributed by atoms with Gasteiger partial charge in [0, 0.05) is 0 Å². The Kier molecular flexibility index (Phi) is 5.88. The molecule has 0 atom stereocenters. The van der Waals surface area contributed by atoms with E-state index in [-0.39, 0.29) is 5.69 Å². The molecule has 1 aliphatic rings. The molecule has 11 nitrogen and oxygen atoms in total. The molecule has 0 unspecified atom stereocenters. The molecule has 1 fully saturated rings. The molecule has 3 aromatic rings. The molecule has 0 spiro atoms. The van der Waals surface area contributed by atoms with Crippen LogP contribution in [0.25, 0.3) is 11.4 Å². The molecule has 161 valence electrons. The van der Waals surface area contributed by atoms with Gasteiger partial charge < -0.3 is 0 Å². The Labute approximate surface area is 193 Å². The van der Waals surface area contributed by atoms with Gasteiger partial charge in [-0.05, 0) is 6.92 Å². The van der Waals surface area contributed by atoms with Crippen LogP contribution in [0, 0.1) is 0 Å². The molecule has 2 aromatic heterocycles. The summed E-state index contributed by atoms with van der Waals surface area (Å²) in [6.07, 6.45) is 2.82. The average molecular weight is 488 g/mol. The van der Waals surface area contributed by atoms with Crippen LogP contribution < -0.4 is 15.8 Å². The predicted molar refractivity (Wildman–Crippen MR) is 109 cm³/mol. The number of carbonyl (C=O) groups excluding carboxylic acids is 2. The molecule has 0 bridgehead atoms. The average Bonchev–Trinajstić information content (AvgIpc) is 3.49. The van der Waals surface area contributed by atoms with Crippen molar-refractivity contribution in [3.8, 4) is 17.1 Å². The van der Waals surface area contributed by atoms with Crippen molar-refractivity contribution >= 4 is 23.3 Å². The Morgan fingerprint density at radius 1 is 1.28 bits per heavy atom. The van der Waals surface area contributed by atoms with E-state index in [1.807, 2.05) is 19.1 Å². The Balaban J connectivity index is 1.78. The van der Waals surface area contributed by atoms with E-state index in [2.05, 4.69) is 25.6 Å². The molecule has 0 aliphatic heterocycles. The van der Waals surface area contributed by atoms with Gasteiger partial charge in [-0.25, -0.2) is 0 Å². The van der Waals surface area contributed by atoms with Gasteiger partial charge in [-0.2, -0.15) is 0 Å². The fraction of sp³-hybridized carbons (Fsp3) is 0.300. The van der Waals surface area contributed by atoms with E-state index in [4.69, 9.17) is 14.0 Å². The molecule has 0 radical (unpaired) electrons. The minimum absolute atomic E-state index is 0.00103. The number of nitrogens with zero attached hydrogens (tertiary/aromatic N) is 5. The van der Waals surface area contributed by atoms with Gasteiger partial charge in [0.15, 0.2) is 0 Å². The Morgan fingerprint density at radius 3 is 2.66 bits per heavy atom. The number of hydrogen-bond acceptors (Lipinski definition) is 9. The summed E-state index contributed by atoms with van der Waals surface area (Å²) in [6, 6.07) is 7.06. The number of aryl methyl sites for hydroxylation is 1. The number of hydrogen-bond donors (Lipinski definition) is 2. The normalized spacial score (nSPS) is 14.0. The van der Waals surface area contributed by atoms with Gasteiger partial charge in [-0.3, -0.25) is 0 Å². The van der Waals surface area contributed by atoms with Gasteiger partial charge in [0.2, 0.25) is 0 Å². The number of benzene rings is 1. The third kappa shape index (κ3) is 3.82. The predicted octanol–water partition coefficient (Wildman–Crippen LogP) is 1.64. The van der Waals surface area contributed by atoms with Crippen LogP contribution in [0.15, 0.2) is 30.6 Å². The summed E-state index contributed by atoms with van der Waals surface area (Å²) in [5.41, 5.74) is 6.71.